The van der Waals surface area contributed by atoms with Crippen molar-refractivity contribution in [1.29, 1.82) is 0 Å². The third kappa shape index (κ3) is 5.39. The van der Waals surface area contributed by atoms with E-state index in [2.05, 4.69) is 26.1 Å². The second kappa shape index (κ2) is 7.86. The summed E-state index contributed by atoms with van der Waals surface area (Å²) in [6.07, 6.45) is 0. The molecule has 0 aliphatic heterocycles. The predicted octanol–water partition coefficient (Wildman–Crippen LogP) is 4.95. The molecular weight excluding hydrogens is 329 g/mol. The summed E-state index contributed by atoms with van der Waals surface area (Å²) in [7, 11) is 1.59. The van der Waals surface area contributed by atoms with Crippen molar-refractivity contribution in [3.8, 4) is 11.5 Å². The SMILES string of the molecule is COc1cc(CNC(C)(C)C)c(Cl)cc1OCc1ccc(F)cc1. The lowest BCUT2D eigenvalue weighted by Crippen LogP contribution is -2.35. The fourth-order valence-corrected chi connectivity index (χ4v) is 2.31. The van der Waals surface area contributed by atoms with E-state index in [0.29, 0.717) is 29.7 Å². The first-order valence-corrected chi connectivity index (χ1v) is 8.15. The molecule has 3 nitrogen and oxygen atoms in total. The molecule has 24 heavy (non-hydrogen) atoms. The summed E-state index contributed by atoms with van der Waals surface area (Å²) >= 11 is 6.36. The van der Waals surface area contributed by atoms with E-state index in [4.69, 9.17) is 21.1 Å². The fraction of sp³-hybridized carbons (Fsp3) is 0.368. The molecular formula is C19H23ClFNO2. The van der Waals surface area contributed by atoms with E-state index in [1.54, 1.807) is 25.3 Å². The van der Waals surface area contributed by atoms with Gasteiger partial charge in [-0.05, 0) is 50.1 Å². The van der Waals surface area contributed by atoms with Gasteiger partial charge in [0.25, 0.3) is 0 Å². The van der Waals surface area contributed by atoms with E-state index in [0.717, 1.165) is 11.1 Å². The van der Waals surface area contributed by atoms with Crippen LogP contribution in [0.2, 0.25) is 5.02 Å². The van der Waals surface area contributed by atoms with Crippen LogP contribution in [0.1, 0.15) is 31.9 Å². The average molecular weight is 352 g/mol. The van der Waals surface area contributed by atoms with Crippen LogP contribution >= 0.6 is 11.6 Å². The lowest BCUT2D eigenvalue weighted by Gasteiger charge is -2.21. The van der Waals surface area contributed by atoms with Crippen molar-refractivity contribution in [2.45, 2.75) is 39.5 Å². The van der Waals surface area contributed by atoms with Gasteiger partial charge in [0.15, 0.2) is 11.5 Å². The average Bonchev–Trinajstić information content (AvgIpc) is 2.52. The van der Waals surface area contributed by atoms with Gasteiger partial charge in [-0.15, -0.1) is 0 Å². The van der Waals surface area contributed by atoms with Crippen LogP contribution in [0, 0.1) is 5.82 Å². The van der Waals surface area contributed by atoms with E-state index in [1.165, 1.54) is 12.1 Å². The van der Waals surface area contributed by atoms with Gasteiger partial charge < -0.3 is 14.8 Å². The van der Waals surface area contributed by atoms with Crippen LogP contribution in [0.5, 0.6) is 11.5 Å². The highest BCUT2D eigenvalue weighted by atomic mass is 35.5. The Kier molecular flexibility index (Phi) is 6.08. The molecule has 0 fully saturated rings. The van der Waals surface area contributed by atoms with Gasteiger partial charge in [0.2, 0.25) is 0 Å². The van der Waals surface area contributed by atoms with Crippen LogP contribution in [0.4, 0.5) is 4.39 Å². The number of benzene rings is 2. The van der Waals surface area contributed by atoms with Crippen molar-refractivity contribution in [2.24, 2.45) is 0 Å². The Balaban J connectivity index is 2.12. The Bertz CT molecular complexity index is 681. The number of ether oxygens (including phenoxy) is 2. The minimum Gasteiger partial charge on any atom is -0.493 e. The van der Waals surface area contributed by atoms with Crippen LogP contribution in [-0.2, 0) is 13.2 Å². The molecule has 0 aliphatic rings. The Morgan fingerprint density at radius 1 is 1.08 bits per heavy atom. The number of rotatable bonds is 6. The number of halogens is 2. The molecule has 5 heteroatoms. The van der Waals surface area contributed by atoms with Gasteiger partial charge in [-0.25, -0.2) is 4.39 Å². The lowest BCUT2D eigenvalue weighted by molar-refractivity contribution is 0.284. The van der Waals surface area contributed by atoms with Crippen LogP contribution in [0.15, 0.2) is 36.4 Å². The Labute approximate surface area is 147 Å². The highest BCUT2D eigenvalue weighted by molar-refractivity contribution is 6.31. The molecule has 2 rings (SSSR count). The maximum atomic E-state index is 12.9. The van der Waals surface area contributed by atoms with Crippen LogP contribution in [0.3, 0.4) is 0 Å². The topological polar surface area (TPSA) is 30.5 Å². The molecule has 0 saturated heterocycles. The minimum atomic E-state index is -0.268. The Morgan fingerprint density at radius 3 is 2.33 bits per heavy atom. The molecule has 0 spiro atoms. The van der Waals surface area contributed by atoms with E-state index < -0.39 is 0 Å². The summed E-state index contributed by atoms with van der Waals surface area (Å²) in [6.45, 7) is 7.23. The number of hydrogen-bond donors (Lipinski definition) is 1. The molecule has 0 saturated carbocycles. The van der Waals surface area contributed by atoms with E-state index in [9.17, 15) is 4.39 Å². The van der Waals surface area contributed by atoms with E-state index in [-0.39, 0.29) is 11.4 Å². The largest absolute Gasteiger partial charge is 0.493 e. The van der Waals surface area contributed by atoms with Crippen LogP contribution in [-0.4, -0.2) is 12.6 Å². The van der Waals surface area contributed by atoms with Gasteiger partial charge in [0, 0.05) is 23.2 Å². The standard InChI is InChI=1S/C19H23ClFNO2/c1-19(2,3)22-11-14-9-17(23-4)18(10-16(14)20)24-12-13-5-7-15(21)8-6-13/h5-10,22H,11-12H2,1-4H3. The lowest BCUT2D eigenvalue weighted by atomic mass is 10.1. The molecule has 0 bridgehead atoms. The molecule has 0 atom stereocenters. The second-order valence-corrected chi connectivity index (χ2v) is 7.02. The summed E-state index contributed by atoms with van der Waals surface area (Å²) < 4.78 is 24.1. The van der Waals surface area contributed by atoms with Crippen molar-refractivity contribution < 1.29 is 13.9 Å². The molecule has 0 heterocycles. The van der Waals surface area contributed by atoms with Gasteiger partial charge >= 0.3 is 0 Å². The van der Waals surface area contributed by atoms with Gasteiger partial charge in [-0.1, -0.05) is 23.7 Å². The summed E-state index contributed by atoms with van der Waals surface area (Å²) in [5.41, 5.74) is 1.81. The molecule has 1 N–H and O–H groups in total. The summed E-state index contributed by atoms with van der Waals surface area (Å²) in [4.78, 5) is 0. The number of nitrogens with one attached hydrogen (secondary N) is 1. The predicted molar refractivity (Wildman–Crippen MR) is 95.3 cm³/mol. The van der Waals surface area contributed by atoms with Gasteiger partial charge in [0.1, 0.15) is 12.4 Å². The zero-order valence-electron chi connectivity index (χ0n) is 14.5. The molecule has 0 amide bonds. The zero-order chi connectivity index (χ0) is 17.7. The summed E-state index contributed by atoms with van der Waals surface area (Å²) in [6, 6.07) is 9.81. The Morgan fingerprint density at radius 2 is 1.75 bits per heavy atom. The maximum absolute atomic E-state index is 12.9. The van der Waals surface area contributed by atoms with Crippen molar-refractivity contribution in [2.75, 3.05) is 7.11 Å². The molecule has 0 aliphatic carbocycles. The normalized spacial score (nSPS) is 11.4. The van der Waals surface area contributed by atoms with E-state index >= 15 is 0 Å². The van der Waals surface area contributed by atoms with E-state index in [1.807, 2.05) is 6.07 Å². The van der Waals surface area contributed by atoms with Gasteiger partial charge in [-0.2, -0.15) is 0 Å². The third-order valence-electron chi connectivity index (χ3n) is 3.45. The number of methoxy groups -OCH3 is 1. The third-order valence-corrected chi connectivity index (χ3v) is 3.80. The first-order valence-electron chi connectivity index (χ1n) is 7.77. The monoisotopic (exact) mass is 351 g/mol. The molecule has 0 aromatic heterocycles. The minimum absolute atomic E-state index is 0.00564. The van der Waals surface area contributed by atoms with Crippen LogP contribution < -0.4 is 14.8 Å². The summed E-state index contributed by atoms with van der Waals surface area (Å²) in [5, 5.41) is 4.01. The molecule has 130 valence electrons. The molecule has 2 aromatic carbocycles. The highest BCUT2D eigenvalue weighted by Gasteiger charge is 2.14. The van der Waals surface area contributed by atoms with Gasteiger partial charge in [0.05, 0.1) is 7.11 Å². The first-order chi connectivity index (χ1) is 11.3. The maximum Gasteiger partial charge on any atom is 0.163 e. The van der Waals surface area contributed by atoms with Crippen molar-refractivity contribution in [1.82, 2.24) is 5.32 Å². The smallest absolute Gasteiger partial charge is 0.163 e. The highest BCUT2D eigenvalue weighted by Crippen LogP contribution is 2.34. The second-order valence-electron chi connectivity index (χ2n) is 6.61. The van der Waals surface area contributed by atoms with Gasteiger partial charge in [-0.3, -0.25) is 0 Å². The number of hydrogen-bond acceptors (Lipinski definition) is 3. The molecule has 2 aromatic rings. The van der Waals surface area contributed by atoms with Crippen molar-refractivity contribution in [3.05, 3.63) is 58.4 Å². The molecule has 0 unspecified atom stereocenters. The summed E-state index contributed by atoms with van der Waals surface area (Å²) in [5.74, 6) is 0.911. The first kappa shape index (κ1) is 18.6. The van der Waals surface area contributed by atoms with Crippen LogP contribution in [0.25, 0.3) is 0 Å². The Hall–Kier alpha value is -1.78. The zero-order valence-corrected chi connectivity index (χ0v) is 15.2. The van der Waals surface area contributed by atoms with Crippen molar-refractivity contribution in [3.63, 3.8) is 0 Å². The van der Waals surface area contributed by atoms with Crippen molar-refractivity contribution >= 4 is 11.6 Å². The fourth-order valence-electron chi connectivity index (χ4n) is 2.09. The quantitative estimate of drug-likeness (QED) is 0.798. The molecule has 0 radical (unpaired) electrons.